The van der Waals surface area contributed by atoms with Gasteiger partial charge in [-0.15, -0.1) is 0 Å². The summed E-state index contributed by atoms with van der Waals surface area (Å²) in [5.41, 5.74) is 6.09. The van der Waals surface area contributed by atoms with Crippen molar-refractivity contribution in [3.05, 3.63) is 54.4 Å². The second kappa shape index (κ2) is 6.79. The third-order valence-corrected chi connectivity index (χ3v) is 5.51. The summed E-state index contributed by atoms with van der Waals surface area (Å²) in [6, 6.07) is 2.35. The molecular weight excluding hydrogens is 368 g/mol. The Morgan fingerprint density at radius 1 is 1.38 bits per heavy atom. The highest BCUT2D eigenvalue weighted by molar-refractivity contribution is 6.00. The van der Waals surface area contributed by atoms with E-state index in [1.54, 1.807) is 12.4 Å². The fraction of sp³-hybridized carbons (Fsp3) is 0.368. The van der Waals surface area contributed by atoms with E-state index >= 15 is 0 Å². The molecule has 1 atom stereocenters. The molecule has 29 heavy (non-hydrogen) atoms. The van der Waals surface area contributed by atoms with Crippen molar-refractivity contribution in [2.45, 2.75) is 31.6 Å². The number of rotatable bonds is 6. The first-order valence-electron chi connectivity index (χ1n) is 9.64. The zero-order valence-corrected chi connectivity index (χ0v) is 16.1. The van der Waals surface area contributed by atoms with Crippen molar-refractivity contribution in [1.82, 2.24) is 35.3 Å². The molecule has 0 aliphatic carbocycles. The number of hydrogen-bond donors (Lipinski definition) is 3. The van der Waals surface area contributed by atoms with Crippen LogP contribution in [0, 0.1) is 11.3 Å². The largest absolute Gasteiger partial charge is 0.363 e. The summed E-state index contributed by atoms with van der Waals surface area (Å²) < 4.78 is 1.97. The summed E-state index contributed by atoms with van der Waals surface area (Å²) in [6.07, 6.45) is 14.5. The fourth-order valence-electron chi connectivity index (χ4n) is 3.92. The van der Waals surface area contributed by atoms with E-state index in [2.05, 4.69) is 56.2 Å². The van der Waals surface area contributed by atoms with Crippen LogP contribution in [0.3, 0.4) is 0 Å². The highest BCUT2D eigenvalue weighted by atomic mass is 15.6. The van der Waals surface area contributed by atoms with Gasteiger partial charge in [-0.25, -0.2) is 4.99 Å². The molecule has 0 saturated carbocycles. The van der Waals surface area contributed by atoms with Gasteiger partial charge in [-0.1, -0.05) is 6.92 Å². The Labute approximate surface area is 168 Å². The molecule has 5 rings (SSSR count). The van der Waals surface area contributed by atoms with Crippen molar-refractivity contribution in [2.24, 2.45) is 4.99 Å². The maximum absolute atomic E-state index is 9.40. The molecule has 0 radical (unpaired) electrons. The third-order valence-electron chi connectivity index (χ3n) is 5.51. The first-order valence-corrected chi connectivity index (χ1v) is 9.64. The number of anilines is 1. The van der Waals surface area contributed by atoms with Crippen molar-refractivity contribution in [1.29, 1.82) is 5.26 Å². The normalized spacial score (nSPS) is 21.9. The van der Waals surface area contributed by atoms with E-state index < -0.39 is 0 Å². The van der Waals surface area contributed by atoms with Gasteiger partial charge in [-0.05, 0) is 24.1 Å². The molecule has 1 saturated heterocycles. The van der Waals surface area contributed by atoms with Crippen LogP contribution in [-0.2, 0) is 12.0 Å². The Bertz CT molecular complexity index is 1020. The van der Waals surface area contributed by atoms with Gasteiger partial charge >= 0.3 is 0 Å². The number of aromatic nitrogens is 4. The van der Waals surface area contributed by atoms with Crippen LogP contribution < -0.4 is 10.7 Å². The highest BCUT2D eigenvalue weighted by Crippen LogP contribution is 2.36. The van der Waals surface area contributed by atoms with E-state index in [0.29, 0.717) is 6.42 Å². The van der Waals surface area contributed by atoms with Crippen molar-refractivity contribution in [3.8, 4) is 6.07 Å². The van der Waals surface area contributed by atoms with Gasteiger partial charge in [-0.2, -0.15) is 20.9 Å². The van der Waals surface area contributed by atoms with E-state index in [1.165, 1.54) is 5.56 Å². The average molecular weight is 390 g/mol. The van der Waals surface area contributed by atoms with Crippen LogP contribution in [0.25, 0.3) is 0 Å². The number of aromatic amines is 1. The number of likely N-dealkylation sites (tertiary alicyclic amines) is 1. The predicted octanol–water partition coefficient (Wildman–Crippen LogP) is 1.12. The molecule has 0 bridgehead atoms. The van der Waals surface area contributed by atoms with Crippen LogP contribution in [0.5, 0.6) is 0 Å². The lowest BCUT2D eigenvalue weighted by atomic mass is 9.86. The zero-order chi connectivity index (χ0) is 19.8. The summed E-state index contributed by atoms with van der Waals surface area (Å²) in [5, 5.41) is 25.9. The van der Waals surface area contributed by atoms with Crippen LogP contribution >= 0.6 is 0 Å². The van der Waals surface area contributed by atoms with E-state index in [-0.39, 0.29) is 11.8 Å². The number of nitriles is 1. The smallest absolute Gasteiger partial charge is 0.193 e. The lowest BCUT2D eigenvalue weighted by molar-refractivity contribution is 0.0368. The molecule has 10 heteroatoms. The highest BCUT2D eigenvalue weighted by Gasteiger charge is 2.48. The van der Waals surface area contributed by atoms with Crippen LogP contribution in [0.15, 0.2) is 53.8 Å². The lowest BCUT2D eigenvalue weighted by Gasteiger charge is -2.51. The Balaban J connectivity index is 1.34. The topological polar surface area (TPSA) is 113 Å². The number of amidine groups is 1. The van der Waals surface area contributed by atoms with Crippen molar-refractivity contribution in [2.75, 3.05) is 18.4 Å². The second-order valence-electron chi connectivity index (χ2n) is 7.44. The minimum Gasteiger partial charge on any atom is -0.363 e. The van der Waals surface area contributed by atoms with Gasteiger partial charge in [0.1, 0.15) is 5.54 Å². The standard InChI is InChI=1S/C19H22N10/c1-2-14-8-23-29(11-14)19(5-6-20)12-27(13-19)16-4-3-7-28-17(16)25-18(26-28)24-15-9-21-22-10-15/h3-4,7-11,18,24,26H,2,5,12-13H2,1H3,(H,21,22). The van der Waals surface area contributed by atoms with Crippen molar-refractivity contribution in [3.63, 3.8) is 0 Å². The molecule has 148 valence electrons. The zero-order valence-electron chi connectivity index (χ0n) is 16.1. The first-order chi connectivity index (χ1) is 14.2. The van der Waals surface area contributed by atoms with E-state index in [9.17, 15) is 5.26 Å². The molecule has 5 heterocycles. The predicted molar refractivity (Wildman–Crippen MR) is 107 cm³/mol. The molecule has 1 unspecified atom stereocenters. The Kier molecular flexibility index (Phi) is 4.10. The minimum absolute atomic E-state index is 0.280. The number of H-pyrrole nitrogens is 1. The summed E-state index contributed by atoms with van der Waals surface area (Å²) in [4.78, 5) is 7.04. The maximum Gasteiger partial charge on any atom is 0.193 e. The molecule has 2 aromatic heterocycles. The van der Waals surface area contributed by atoms with E-state index in [0.717, 1.165) is 36.7 Å². The van der Waals surface area contributed by atoms with Gasteiger partial charge in [0.25, 0.3) is 0 Å². The lowest BCUT2D eigenvalue weighted by Crippen LogP contribution is -2.63. The van der Waals surface area contributed by atoms with Gasteiger partial charge in [-0.3, -0.25) is 14.8 Å². The molecule has 2 aromatic rings. The molecule has 3 aliphatic heterocycles. The monoisotopic (exact) mass is 390 g/mol. The van der Waals surface area contributed by atoms with Gasteiger partial charge < -0.3 is 10.2 Å². The number of hydrazine groups is 1. The van der Waals surface area contributed by atoms with Crippen LogP contribution in [0.1, 0.15) is 18.9 Å². The molecule has 10 nitrogen and oxygen atoms in total. The Morgan fingerprint density at radius 3 is 3.00 bits per heavy atom. The van der Waals surface area contributed by atoms with Gasteiger partial charge in [0.05, 0.1) is 36.3 Å². The van der Waals surface area contributed by atoms with Gasteiger partial charge in [0.15, 0.2) is 12.1 Å². The number of nitrogens with zero attached hydrogens (tertiary/aromatic N) is 7. The van der Waals surface area contributed by atoms with Crippen molar-refractivity contribution >= 4 is 11.5 Å². The number of aliphatic imine (C=N–C) groups is 1. The summed E-state index contributed by atoms with van der Waals surface area (Å²) in [7, 11) is 0. The Morgan fingerprint density at radius 2 is 2.28 bits per heavy atom. The van der Waals surface area contributed by atoms with Crippen LogP contribution in [0.4, 0.5) is 5.69 Å². The molecule has 3 N–H and O–H groups in total. The molecule has 1 fully saturated rings. The summed E-state index contributed by atoms with van der Waals surface area (Å²) >= 11 is 0. The van der Waals surface area contributed by atoms with Crippen LogP contribution in [0.2, 0.25) is 0 Å². The van der Waals surface area contributed by atoms with Gasteiger partial charge in [0, 0.05) is 31.7 Å². The minimum atomic E-state index is -0.296. The maximum atomic E-state index is 9.40. The molecule has 0 aromatic carbocycles. The number of hydrogen-bond acceptors (Lipinski definition) is 8. The van der Waals surface area contributed by atoms with Crippen molar-refractivity contribution < 1.29 is 0 Å². The third kappa shape index (κ3) is 2.96. The molecule has 3 aliphatic rings. The van der Waals surface area contributed by atoms with Gasteiger partial charge in [0.2, 0.25) is 0 Å². The summed E-state index contributed by atoms with van der Waals surface area (Å²) in [5.74, 6) is 0.855. The summed E-state index contributed by atoms with van der Waals surface area (Å²) in [6.45, 7) is 3.55. The first kappa shape index (κ1) is 17.5. The molecular formula is C19H22N10. The quantitative estimate of drug-likeness (QED) is 0.677. The number of nitrogens with one attached hydrogen (secondary N) is 3. The number of fused-ring (bicyclic) bond motifs is 1. The molecule has 0 amide bonds. The fourth-order valence-corrected chi connectivity index (χ4v) is 3.92. The average Bonchev–Trinajstić information content (AvgIpc) is 3.44. The number of aryl methyl sites for hydroxylation is 1. The Hall–Kier alpha value is -3.58. The van der Waals surface area contributed by atoms with E-state index in [1.807, 2.05) is 28.2 Å². The molecule has 0 spiro atoms. The SMILES string of the molecule is CCc1cnn(C2(CC#N)CN(C3=CC=CN4NC(Nc5cn[nH]c5)N=C34)C2)c1. The van der Waals surface area contributed by atoms with E-state index in [4.69, 9.17) is 4.99 Å². The van der Waals surface area contributed by atoms with Crippen LogP contribution in [-0.4, -0.2) is 55.1 Å². The number of allylic oxidation sites excluding steroid dienone is 2. The second-order valence-corrected chi connectivity index (χ2v) is 7.44.